The zero-order valence-electron chi connectivity index (χ0n) is 21.4. The molecular formula is C29H33N5O2S. The maximum atomic E-state index is 13.3. The molecule has 3 N–H and O–H groups in total. The van der Waals surface area contributed by atoms with Gasteiger partial charge in [-0.05, 0) is 41.0 Å². The van der Waals surface area contributed by atoms with Crippen molar-refractivity contribution >= 4 is 28.4 Å². The number of nitrogens with one attached hydrogen (secondary N) is 1. The quantitative estimate of drug-likeness (QED) is 0.325. The average Bonchev–Trinajstić information content (AvgIpc) is 3.30. The molecule has 0 radical (unpaired) electrons. The summed E-state index contributed by atoms with van der Waals surface area (Å²) in [4.78, 5) is 16.9. The highest BCUT2D eigenvalue weighted by atomic mass is 32.2. The van der Waals surface area contributed by atoms with E-state index in [0.29, 0.717) is 31.9 Å². The highest BCUT2D eigenvalue weighted by molar-refractivity contribution is 7.98. The Morgan fingerprint density at radius 2 is 1.89 bits per heavy atom. The molecule has 4 aromatic rings. The van der Waals surface area contributed by atoms with Gasteiger partial charge in [0.2, 0.25) is 0 Å². The lowest BCUT2D eigenvalue weighted by Gasteiger charge is -2.28. The molecule has 0 unspecified atom stereocenters. The molecule has 0 saturated carbocycles. The Morgan fingerprint density at radius 1 is 1.11 bits per heavy atom. The Balaban J connectivity index is 1.36. The van der Waals surface area contributed by atoms with Gasteiger partial charge in [0.1, 0.15) is 5.75 Å². The van der Waals surface area contributed by atoms with Crippen molar-refractivity contribution in [2.45, 2.75) is 37.5 Å². The van der Waals surface area contributed by atoms with Crippen LogP contribution in [0.2, 0.25) is 0 Å². The largest absolute Gasteiger partial charge is 0.496 e. The summed E-state index contributed by atoms with van der Waals surface area (Å²) in [5.41, 5.74) is 10.8. The highest BCUT2D eigenvalue weighted by Gasteiger charge is 2.28. The summed E-state index contributed by atoms with van der Waals surface area (Å²) in [7, 11) is 1.71. The molecule has 1 aliphatic heterocycles. The van der Waals surface area contributed by atoms with Gasteiger partial charge in [-0.1, -0.05) is 42.5 Å². The molecule has 0 aliphatic carbocycles. The van der Waals surface area contributed by atoms with Crippen LogP contribution in [0.1, 0.15) is 32.9 Å². The number of ether oxygens (including phenoxy) is 1. The first kappa shape index (κ1) is 25.3. The summed E-state index contributed by atoms with van der Waals surface area (Å²) in [6.45, 7) is 3.91. The van der Waals surface area contributed by atoms with E-state index in [0.717, 1.165) is 47.5 Å². The molecule has 0 spiro atoms. The molecule has 2 heterocycles. The Kier molecular flexibility index (Phi) is 7.79. The lowest BCUT2D eigenvalue weighted by Crippen LogP contribution is -2.32. The van der Waals surface area contributed by atoms with Crippen molar-refractivity contribution in [1.29, 1.82) is 0 Å². The molecule has 3 aromatic carbocycles. The minimum Gasteiger partial charge on any atom is -0.496 e. The Morgan fingerprint density at radius 3 is 2.62 bits per heavy atom. The van der Waals surface area contributed by atoms with Gasteiger partial charge in [-0.15, -0.1) is 11.8 Å². The number of benzene rings is 3. The summed E-state index contributed by atoms with van der Waals surface area (Å²) in [5.74, 6) is 0.739. The van der Waals surface area contributed by atoms with Crippen molar-refractivity contribution in [1.82, 2.24) is 20.0 Å². The SMILES string of the molecule is COc1ccc(CN2CCc3c(c(C(=O)NCc4ccc(SC)cc4)nn3CCN)C2)c2ccccc12. The third-order valence-electron chi connectivity index (χ3n) is 6.97. The molecule has 0 saturated heterocycles. The first-order valence-electron chi connectivity index (χ1n) is 12.6. The van der Waals surface area contributed by atoms with Crippen molar-refractivity contribution in [2.75, 3.05) is 26.5 Å². The average molecular weight is 516 g/mol. The maximum absolute atomic E-state index is 13.3. The number of nitrogens with zero attached hydrogens (tertiary/aromatic N) is 3. The fourth-order valence-electron chi connectivity index (χ4n) is 5.07. The lowest BCUT2D eigenvalue weighted by molar-refractivity contribution is 0.0942. The third-order valence-corrected chi connectivity index (χ3v) is 7.71. The van der Waals surface area contributed by atoms with E-state index in [-0.39, 0.29) is 5.91 Å². The van der Waals surface area contributed by atoms with Crippen molar-refractivity contribution in [3.8, 4) is 5.75 Å². The fraction of sp³-hybridized carbons (Fsp3) is 0.310. The second kappa shape index (κ2) is 11.4. The van der Waals surface area contributed by atoms with Crippen LogP contribution in [-0.4, -0.2) is 47.0 Å². The molecule has 0 atom stereocenters. The van der Waals surface area contributed by atoms with Crippen LogP contribution in [-0.2, 0) is 32.6 Å². The number of hydrogen-bond acceptors (Lipinski definition) is 6. The van der Waals surface area contributed by atoms with Gasteiger partial charge in [0.25, 0.3) is 5.91 Å². The van der Waals surface area contributed by atoms with Crippen molar-refractivity contribution in [2.24, 2.45) is 5.73 Å². The number of fused-ring (bicyclic) bond motifs is 2. The molecule has 1 amide bonds. The van der Waals surface area contributed by atoms with Crippen LogP contribution < -0.4 is 15.8 Å². The second-order valence-electron chi connectivity index (χ2n) is 9.25. The van der Waals surface area contributed by atoms with Crippen LogP contribution >= 0.6 is 11.8 Å². The standard InChI is InChI=1S/C29H33N5O2S/c1-36-27-12-9-21(23-5-3-4-6-24(23)27)18-33-15-13-26-25(19-33)28(32-34(26)16-14-30)29(35)31-17-20-7-10-22(37-2)11-8-20/h3-12H,13-19,30H2,1-2H3,(H,31,35). The van der Waals surface area contributed by atoms with Crippen molar-refractivity contribution in [3.63, 3.8) is 0 Å². The van der Waals surface area contributed by atoms with Gasteiger partial charge in [0.05, 0.1) is 13.7 Å². The second-order valence-corrected chi connectivity index (χ2v) is 10.1. The molecule has 1 aromatic heterocycles. The van der Waals surface area contributed by atoms with Crippen molar-refractivity contribution < 1.29 is 9.53 Å². The number of carbonyl (C=O) groups excluding carboxylic acids is 1. The van der Waals surface area contributed by atoms with Crippen LogP contribution in [0.4, 0.5) is 0 Å². The van der Waals surface area contributed by atoms with Gasteiger partial charge in [-0.25, -0.2) is 0 Å². The Hall–Kier alpha value is -3.33. The normalized spacial score (nSPS) is 13.5. The summed E-state index contributed by atoms with van der Waals surface area (Å²) in [5, 5.41) is 10.1. The molecule has 7 nitrogen and oxygen atoms in total. The molecule has 192 valence electrons. The van der Waals surface area contributed by atoms with Crippen LogP contribution in [0.15, 0.2) is 65.6 Å². The number of rotatable bonds is 9. The van der Waals surface area contributed by atoms with E-state index < -0.39 is 0 Å². The minimum atomic E-state index is -0.141. The number of thioether (sulfide) groups is 1. The van der Waals surface area contributed by atoms with E-state index in [4.69, 9.17) is 15.6 Å². The van der Waals surface area contributed by atoms with Crippen LogP contribution in [0.25, 0.3) is 10.8 Å². The Labute approximate surface area is 222 Å². The molecule has 1 aliphatic rings. The summed E-state index contributed by atoms with van der Waals surface area (Å²) in [6.07, 6.45) is 2.89. The van der Waals surface area contributed by atoms with Gasteiger partial charge in [-0.2, -0.15) is 5.10 Å². The Bertz CT molecular complexity index is 1400. The number of aromatic nitrogens is 2. The number of amides is 1. The zero-order chi connectivity index (χ0) is 25.8. The van der Waals surface area contributed by atoms with Gasteiger partial charge in [-0.3, -0.25) is 14.4 Å². The summed E-state index contributed by atoms with van der Waals surface area (Å²) >= 11 is 1.70. The van der Waals surface area contributed by atoms with E-state index >= 15 is 0 Å². The molecule has 0 fully saturated rings. The number of methoxy groups -OCH3 is 1. The van der Waals surface area contributed by atoms with Gasteiger partial charge in [0, 0.05) is 60.7 Å². The predicted molar refractivity (Wildman–Crippen MR) is 149 cm³/mol. The molecule has 0 bridgehead atoms. The minimum absolute atomic E-state index is 0.141. The first-order chi connectivity index (χ1) is 18.1. The number of nitrogens with two attached hydrogens (primary N) is 1. The van der Waals surface area contributed by atoms with E-state index in [1.807, 2.05) is 16.8 Å². The summed E-state index contributed by atoms with van der Waals surface area (Å²) < 4.78 is 7.50. The highest BCUT2D eigenvalue weighted by Crippen LogP contribution is 2.31. The maximum Gasteiger partial charge on any atom is 0.272 e. The smallest absolute Gasteiger partial charge is 0.272 e. The molecular weight excluding hydrogens is 482 g/mol. The lowest BCUT2D eigenvalue weighted by atomic mass is 10.0. The number of carbonyl (C=O) groups is 1. The van der Waals surface area contributed by atoms with E-state index in [1.165, 1.54) is 15.8 Å². The molecule has 8 heteroatoms. The van der Waals surface area contributed by atoms with Crippen LogP contribution in [0, 0.1) is 0 Å². The predicted octanol–water partition coefficient (Wildman–Crippen LogP) is 4.21. The first-order valence-corrected chi connectivity index (χ1v) is 13.8. The monoisotopic (exact) mass is 515 g/mol. The third kappa shape index (κ3) is 5.37. The van der Waals surface area contributed by atoms with Crippen molar-refractivity contribution in [3.05, 3.63) is 88.7 Å². The molecule has 37 heavy (non-hydrogen) atoms. The topological polar surface area (TPSA) is 85.4 Å². The van der Waals surface area contributed by atoms with Gasteiger partial charge in [0.15, 0.2) is 5.69 Å². The van der Waals surface area contributed by atoms with E-state index in [2.05, 4.69) is 65.0 Å². The summed E-state index contributed by atoms with van der Waals surface area (Å²) in [6, 6.07) is 20.8. The van der Waals surface area contributed by atoms with Crippen LogP contribution in [0.3, 0.4) is 0 Å². The van der Waals surface area contributed by atoms with Gasteiger partial charge >= 0.3 is 0 Å². The van der Waals surface area contributed by atoms with Gasteiger partial charge < -0.3 is 15.8 Å². The fourth-order valence-corrected chi connectivity index (χ4v) is 5.48. The van der Waals surface area contributed by atoms with E-state index in [9.17, 15) is 4.79 Å². The molecule has 5 rings (SSSR count). The zero-order valence-corrected chi connectivity index (χ0v) is 22.2. The van der Waals surface area contributed by atoms with Crippen LogP contribution in [0.5, 0.6) is 5.75 Å². The van der Waals surface area contributed by atoms with E-state index in [1.54, 1.807) is 18.9 Å². The number of hydrogen-bond donors (Lipinski definition) is 2.